The molecule has 1 aromatic heterocycles. The molecule has 0 spiro atoms. The van der Waals surface area contributed by atoms with Crippen LogP contribution in [0.3, 0.4) is 0 Å². The predicted octanol–water partition coefficient (Wildman–Crippen LogP) is 4.04. The van der Waals surface area contributed by atoms with Crippen LogP contribution in [-0.4, -0.2) is 27.5 Å². The van der Waals surface area contributed by atoms with Crippen molar-refractivity contribution in [1.29, 1.82) is 5.26 Å². The Hall–Kier alpha value is -3.06. The minimum atomic E-state index is -3.67. The van der Waals surface area contributed by atoms with Gasteiger partial charge in [0.15, 0.2) is 5.82 Å². The smallest absolute Gasteiger partial charge is 0.379 e. The lowest BCUT2D eigenvalue weighted by molar-refractivity contribution is 0.00818. The average Bonchev–Trinajstić information content (AvgIpc) is 3.14. The minimum absolute atomic E-state index is 0.00310. The van der Waals surface area contributed by atoms with Crippen LogP contribution in [0.5, 0.6) is 0 Å². The molecule has 2 aromatic rings. The van der Waals surface area contributed by atoms with Gasteiger partial charge in [-0.3, -0.25) is 9.48 Å². The Labute approximate surface area is 166 Å². The Balaban J connectivity index is 0.000000627. The third kappa shape index (κ3) is 7.83. The fourth-order valence-electron chi connectivity index (χ4n) is 3.03. The number of amides is 1. The van der Waals surface area contributed by atoms with Crippen LogP contribution in [-0.2, 0) is 6.61 Å². The molecule has 0 aliphatic heterocycles. The van der Waals surface area contributed by atoms with Crippen molar-refractivity contribution >= 4 is 17.4 Å². The Morgan fingerprint density at radius 3 is 2.28 bits per heavy atom. The lowest BCUT2D eigenvalue weighted by Crippen LogP contribution is -2.14. The van der Waals surface area contributed by atoms with Gasteiger partial charge in [-0.05, 0) is 30.5 Å². The van der Waals surface area contributed by atoms with E-state index in [2.05, 4.69) is 17.0 Å². The number of carbonyl (C=O) groups excluding carboxylic acids is 1. The first kappa shape index (κ1) is 24.0. The molecule has 3 rings (SSSR count). The molecule has 1 aliphatic rings. The number of benzene rings is 1. The van der Waals surface area contributed by atoms with Crippen molar-refractivity contribution in [3.8, 4) is 6.57 Å². The molecule has 1 aromatic carbocycles. The van der Waals surface area contributed by atoms with Crippen molar-refractivity contribution in [1.82, 2.24) is 9.78 Å². The number of rotatable bonds is 5. The summed E-state index contributed by atoms with van der Waals surface area (Å²) in [5.74, 6) is 0.00126. The van der Waals surface area contributed by atoms with Gasteiger partial charge in [0.2, 0.25) is 0 Å². The second kappa shape index (κ2) is 12.4. The molecule has 0 bridgehead atoms. The maximum Gasteiger partial charge on any atom is 0.379 e. The van der Waals surface area contributed by atoms with Gasteiger partial charge in [0.05, 0.1) is 12.6 Å². The molecule has 1 amide bonds. The Morgan fingerprint density at radius 2 is 1.79 bits per heavy atom. The third-order valence-corrected chi connectivity index (χ3v) is 4.35. The number of aliphatic hydroxyl groups excluding tert-OH is 1. The quantitative estimate of drug-likeness (QED) is 0.686. The number of nitrogens with zero attached hydrogens (tertiary/aromatic N) is 3. The molecule has 1 aliphatic carbocycles. The first-order chi connectivity index (χ1) is 13.9. The van der Waals surface area contributed by atoms with Crippen LogP contribution in [0.1, 0.15) is 54.1 Å². The van der Waals surface area contributed by atoms with E-state index < -0.39 is 12.6 Å². The van der Waals surface area contributed by atoms with Crippen molar-refractivity contribution in [3.05, 3.63) is 41.6 Å². The van der Waals surface area contributed by atoms with Crippen LogP contribution in [0.2, 0.25) is 0 Å². The molecule has 0 unspecified atom stereocenters. The number of carbonyl (C=O) groups is 1. The lowest BCUT2D eigenvalue weighted by Gasteiger charge is -2.21. The summed E-state index contributed by atoms with van der Waals surface area (Å²) in [5.41, 5.74) is 7.53. The number of halogens is 3. The first-order valence-electron chi connectivity index (χ1n) is 8.94. The normalized spacial score (nSPS) is 13.6. The average molecular weight is 411 g/mol. The number of hydrogen-bond donors (Lipinski definition) is 3. The third-order valence-electron chi connectivity index (χ3n) is 4.35. The van der Waals surface area contributed by atoms with Crippen LogP contribution < -0.4 is 11.1 Å². The van der Waals surface area contributed by atoms with Crippen molar-refractivity contribution in [2.45, 2.75) is 51.4 Å². The molecule has 4 N–H and O–H groups in total. The van der Waals surface area contributed by atoms with E-state index in [9.17, 15) is 18.0 Å². The van der Waals surface area contributed by atoms with E-state index in [1.807, 2.05) is 28.9 Å². The molecular weight excluding hydrogens is 387 g/mol. The van der Waals surface area contributed by atoms with Crippen LogP contribution in [0.4, 0.5) is 24.7 Å². The van der Waals surface area contributed by atoms with Gasteiger partial charge in [-0.2, -0.15) is 18.3 Å². The number of nitrogens with two attached hydrogens (primary N) is 1. The number of aromatic nitrogens is 2. The molecule has 1 fully saturated rings. The summed E-state index contributed by atoms with van der Waals surface area (Å²) in [5, 5.41) is 23.3. The van der Waals surface area contributed by atoms with Gasteiger partial charge >= 0.3 is 6.68 Å². The summed E-state index contributed by atoms with van der Waals surface area (Å²) in [7, 11) is 0. The maximum atomic E-state index is 11.7. The second-order valence-corrected chi connectivity index (χ2v) is 6.25. The Morgan fingerprint density at radius 1 is 1.24 bits per heavy atom. The number of nitrogens with one attached hydrogen (secondary N) is 1. The second-order valence-electron chi connectivity index (χ2n) is 6.25. The fraction of sp³-hybridized carbons (Fsp3) is 0.421. The standard InChI is InChI=1S/C17H22N4O2.CHF3.CHN/c18-16(23)15-10-21(14-4-2-1-3-5-14)20-17(15)19-13-8-6-12(11-22)7-9-13;2-1(3)4;1-2/h6-10,14,22H,1-5,11H2,(H2,18,23)(H,19,20);1H;1H. The largest absolute Gasteiger partial charge is 0.392 e. The highest BCUT2D eigenvalue weighted by molar-refractivity contribution is 5.98. The zero-order valence-electron chi connectivity index (χ0n) is 15.8. The summed E-state index contributed by atoms with van der Waals surface area (Å²) >= 11 is 0. The number of hydrogen-bond acceptors (Lipinski definition) is 5. The van der Waals surface area contributed by atoms with Gasteiger partial charge in [-0.25, -0.2) is 5.26 Å². The number of anilines is 2. The van der Waals surface area contributed by atoms with E-state index in [0.29, 0.717) is 17.4 Å². The molecule has 158 valence electrons. The highest BCUT2D eigenvalue weighted by Gasteiger charge is 2.20. The van der Waals surface area contributed by atoms with Gasteiger partial charge in [0.25, 0.3) is 5.91 Å². The molecule has 7 nitrogen and oxygen atoms in total. The summed E-state index contributed by atoms with van der Waals surface area (Å²) < 4.78 is 30.9. The van der Waals surface area contributed by atoms with E-state index in [1.165, 1.54) is 19.3 Å². The van der Waals surface area contributed by atoms with Crippen LogP contribution in [0, 0.1) is 11.8 Å². The SMILES string of the molecule is C#N.FC(F)F.NC(=O)c1cn(C2CCCCC2)nc1Nc1ccc(CO)cc1. The molecular formula is C19H24F3N5O2. The van der Waals surface area contributed by atoms with Crippen molar-refractivity contribution in [2.75, 3.05) is 5.32 Å². The first-order valence-corrected chi connectivity index (χ1v) is 8.94. The molecule has 0 atom stereocenters. The summed E-state index contributed by atoms with van der Waals surface area (Å²) in [6.45, 7) is -0.164. The Kier molecular flexibility index (Phi) is 10.3. The topological polar surface area (TPSA) is 117 Å². The zero-order valence-corrected chi connectivity index (χ0v) is 15.8. The predicted molar refractivity (Wildman–Crippen MR) is 102 cm³/mol. The zero-order chi connectivity index (χ0) is 21.8. The highest BCUT2D eigenvalue weighted by Crippen LogP contribution is 2.30. The molecule has 1 heterocycles. The summed E-state index contributed by atoms with van der Waals surface area (Å²) in [4.78, 5) is 11.7. The van der Waals surface area contributed by atoms with Gasteiger partial charge in [0, 0.05) is 18.5 Å². The number of alkyl halides is 3. The minimum Gasteiger partial charge on any atom is -0.392 e. The van der Waals surface area contributed by atoms with Crippen LogP contribution in [0.15, 0.2) is 30.5 Å². The van der Waals surface area contributed by atoms with Gasteiger partial charge < -0.3 is 16.2 Å². The number of primary amides is 1. The van der Waals surface area contributed by atoms with E-state index in [-0.39, 0.29) is 6.61 Å². The molecule has 0 saturated heterocycles. The van der Waals surface area contributed by atoms with Gasteiger partial charge in [-0.1, -0.05) is 31.4 Å². The fourth-order valence-corrected chi connectivity index (χ4v) is 3.03. The summed E-state index contributed by atoms with van der Waals surface area (Å²) in [6.07, 6.45) is 7.59. The monoisotopic (exact) mass is 411 g/mol. The van der Waals surface area contributed by atoms with Crippen molar-refractivity contribution in [3.63, 3.8) is 0 Å². The van der Waals surface area contributed by atoms with Crippen molar-refractivity contribution < 1.29 is 23.1 Å². The Bertz CT molecular complexity index is 769. The molecule has 0 radical (unpaired) electrons. The maximum absolute atomic E-state index is 11.7. The van der Waals surface area contributed by atoms with Crippen LogP contribution in [0.25, 0.3) is 0 Å². The number of aliphatic hydroxyl groups is 1. The van der Waals surface area contributed by atoms with E-state index in [4.69, 9.17) is 16.1 Å². The number of nitriles is 1. The van der Waals surface area contributed by atoms with Gasteiger partial charge in [-0.15, -0.1) is 0 Å². The lowest BCUT2D eigenvalue weighted by atomic mass is 9.96. The molecule has 1 saturated carbocycles. The van der Waals surface area contributed by atoms with Gasteiger partial charge in [0.1, 0.15) is 5.56 Å². The van der Waals surface area contributed by atoms with Crippen molar-refractivity contribution in [2.24, 2.45) is 5.73 Å². The van der Waals surface area contributed by atoms with Crippen LogP contribution >= 0.6 is 0 Å². The highest BCUT2D eigenvalue weighted by atomic mass is 19.4. The van der Waals surface area contributed by atoms with E-state index in [1.54, 1.807) is 6.20 Å². The van der Waals surface area contributed by atoms with E-state index >= 15 is 0 Å². The molecule has 10 heteroatoms. The summed E-state index contributed by atoms with van der Waals surface area (Å²) in [6, 6.07) is 7.68. The molecule has 29 heavy (non-hydrogen) atoms. The van der Waals surface area contributed by atoms with E-state index in [0.717, 1.165) is 24.1 Å².